The van der Waals surface area contributed by atoms with Crippen molar-refractivity contribution >= 4 is 5.97 Å². The van der Waals surface area contributed by atoms with E-state index >= 15 is 0 Å². The van der Waals surface area contributed by atoms with Crippen molar-refractivity contribution in [1.29, 1.82) is 0 Å². The van der Waals surface area contributed by atoms with Gasteiger partial charge in [-0.2, -0.15) is 0 Å². The highest BCUT2D eigenvalue weighted by molar-refractivity contribution is 5.76. The van der Waals surface area contributed by atoms with E-state index in [9.17, 15) is 9.90 Å². The van der Waals surface area contributed by atoms with Crippen molar-refractivity contribution in [1.82, 2.24) is 0 Å². The summed E-state index contributed by atoms with van der Waals surface area (Å²) in [5, 5.41) is 9.67. The number of benzene rings is 2. The van der Waals surface area contributed by atoms with Crippen molar-refractivity contribution in [3.63, 3.8) is 0 Å². The van der Waals surface area contributed by atoms with Crippen LogP contribution in [0.5, 0.6) is 5.75 Å². The monoisotopic (exact) mass is 326 g/mol. The van der Waals surface area contributed by atoms with Crippen LogP contribution in [0.3, 0.4) is 0 Å². The second kappa shape index (κ2) is 8.00. The largest absolute Gasteiger partial charge is 0.496 e. The molecule has 0 radical (unpaired) electrons. The molecular formula is C21H26O3. The summed E-state index contributed by atoms with van der Waals surface area (Å²) in [6.07, 6.45) is 1.34. The van der Waals surface area contributed by atoms with E-state index in [0.29, 0.717) is 12.3 Å². The Balaban J connectivity index is 2.27. The van der Waals surface area contributed by atoms with Crippen LogP contribution in [0.15, 0.2) is 42.5 Å². The number of aliphatic carboxylic acids is 1. The molecule has 0 fully saturated rings. The molecule has 0 aliphatic carbocycles. The first kappa shape index (κ1) is 18.1. The van der Waals surface area contributed by atoms with Crippen molar-refractivity contribution in [2.45, 2.75) is 45.4 Å². The van der Waals surface area contributed by atoms with Gasteiger partial charge in [0.25, 0.3) is 0 Å². The third-order valence-electron chi connectivity index (χ3n) is 4.47. The predicted octanol–water partition coefficient (Wildman–Crippen LogP) is 4.79. The van der Waals surface area contributed by atoms with Crippen LogP contribution in [0, 0.1) is 0 Å². The fourth-order valence-electron chi connectivity index (χ4n) is 2.93. The second-order valence-corrected chi connectivity index (χ2v) is 6.42. The van der Waals surface area contributed by atoms with Gasteiger partial charge in [-0.3, -0.25) is 4.79 Å². The van der Waals surface area contributed by atoms with E-state index in [4.69, 9.17) is 4.74 Å². The van der Waals surface area contributed by atoms with Gasteiger partial charge in [0.2, 0.25) is 0 Å². The van der Waals surface area contributed by atoms with Crippen molar-refractivity contribution in [3.8, 4) is 5.75 Å². The third-order valence-corrected chi connectivity index (χ3v) is 4.47. The molecule has 0 aliphatic rings. The van der Waals surface area contributed by atoms with Gasteiger partial charge < -0.3 is 9.84 Å². The van der Waals surface area contributed by atoms with Gasteiger partial charge in [0.1, 0.15) is 5.75 Å². The molecule has 2 aromatic rings. The average Bonchev–Trinajstić information content (AvgIpc) is 2.59. The normalized spacial score (nSPS) is 12.2. The number of carbonyl (C=O) groups is 1. The van der Waals surface area contributed by atoms with Gasteiger partial charge in [-0.1, -0.05) is 57.2 Å². The first-order chi connectivity index (χ1) is 11.5. The topological polar surface area (TPSA) is 46.5 Å². The molecule has 1 unspecified atom stereocenters. The summed E-state index contributed by atoms with van der Waals surface area (Å²) < 4.78 is 5.35. The van der Waals surface area contributed by atoms with Crippen molar-refractivity contribution in [2.24, 2.45) is 0 Å². The number of methoxy groups -OCH3 is 1. The van der Waals surface area contributed by atoms with E-state index in [1.54, 1.807) is 7.11 Å². The molecule has 2 aromatic carbocycles. The Morgan fingerprint density at radius 2 is 1.71 bits per heavy atom. The average molecular weight is 326 g/mol. The number of carboxylic acids is 1. The summed E-state index contributed by atoms with van der Waals surface area (Å²) in [6.45, 7) is 6.33. The van der Waals surface area contributed by atoms with Crippen molar-refractivity contribution in [3.05, 3.63) is 64.7 Å². The van der Waals surface area contributed by atoms with Crippen LogP contribution in [0.25, 0.3) is 0 Å². The Morgan fingerprint density at radius 3 is 2.21 bits per heavy atom. The summed E-state index contributed by atoms with van der Waals surface area (Å²) in [6, 6.07) is 13.9. The molecule has 0 aromatic heterocycles. The van der Waals surface area contributed by atoms with Crippen LogP contribution >= 0.6 is 0 Å². The lowest BCUT2D eigenvalue weighted by Gasteiger charge is -2.16. The molecule has 2 rings (SSSR count). The standard InChI is InChI=1S/C21H26O3/c1-5-16-12-15(6-11-20(16)24-4)13-19(21(22)23)18-9-7-17(8-10-18)14(2)3/h6-12,14,19H,5,13H2,1-4H3,(H,22,23). The van der Waals surface area contributed by atoms with Gasteiger partial charge in [0, 0.05) is 0 Å². The van der Waals surface area contributed by atoms with Gasteiger partial charge in [0.15, 0.2) is 0 Å². The highest BCUT2D eigenvalue weighted by Crippen LogP contribution is 2.27. The van der Waals surface area contributed by atoms with E-state index in [-0.39, 0.29) is 0 Å². The predicted molar refractivity (Wildman–Crippen MR) is 97.0 cm³/mol. The Labute approximate surface area is 144 Å². The fraction of sp³-hybridized carbons (Fsp3) is 0.381. The van der Waals surface area contributed by atoms with E-state index in [0.717, 1.165) is 28.9 Å². The van der Waals surface area contributed by atoms with Crippen LogP contribution in [-0.2, 0) is 17.6 Å². The Morgan fingerprint density at radius 1 is 1.08 bits per heavy atom. The van der Waals surface area contributed by atoms with Gasteiger partial charge >= 0.3 is 5.97 Å². The van der Waals surface area contributed by atoms with Crippen LogP contribution < -0.4 is 4.74 Å². The van der Waals surface area contributed by atoms with E-state index < -0.39 is 11.9 Å². The highest BCUT2D eigenvalue weighted by atomic mass is 16.5. The van der Waals surface area contributed by atoms with Gasteiger partial charge in [0.05, 0.1) is 13.0 Å². The quantitative estimate of drug-likeness (QED) is 0.795. The molecule has 0 saturated carbocycles. The fourth-order valence-corrected chi connectivity index (χ4v) is 2.93. The molecule has 0 heterocycles. The molecular weight excluding hydrogens is 300 g/mol. The molecule has 0 saturated heterocycles. The van der Waals surface area contributed by atoms with E-state index in [1.807, 2.05) is 36.4 Å². The molecule has 0 amide bonds. The smallest absolute Gasteiger partial charge is 0.311 e. The maximum absolute atomic E-state index is 11.8. The molecule has 1 atom stereocenters. The van der Waals surface area contributed by atoms with Gasteiger partial charge in [-0.15, -0.1) is 0 Å². The molecule has 24 heavy (non-hydrogen) atoms. The SMILES string of the molecule is CCc1cc(CC(C(=O)O)c2ccc(C(C)C)cc2)ccc1OC. The minimum atomic E-state index is -0.791. The lowest BCUT2D eigenvalue weighted by Crippen LogP contribution is -2.14. The zero-order chi connectivity index (χ0) is 17.7. The summed E-state index contributed by atoms with van der Waals surface area (Å²) in [7, 11) is 1.66. The van der Waals surface area contributed by atoms with E-state index in [2.05, 4.69) is 26.8 Å². The highest BCUT2D eigenvalue weighted by Gasteiger charge is 2.21. The lowest BCUT2D eigenvalue weighted by molar-refractivity contribution is -0.138. The van der Waals surface area contributed by atoms with Crippen LogP contribution in [0.1, 0.15) is 54.9 Å². The number of ether oxygens (including phenoxy) is 1. The van der Waals surface area contributed by atoms with Gasteiger partial charge in [-0.05, 0) is 47.1 Å². The number of rotatable bonds is 7. The Kier molecular flexibility index (Phi) is 6.02. The molecule has 0 aliphatic heterocycles. The van der Waals surface area contributed by atoms with E-state index in [1.165, 1.54) is 5.56 Å². The molecule has 3 nitrogen and oxygen atoms in total. The summed E-state index contributed by atoms with van der Waals surface area (Å²) >= 11 is 0. The van der Waals surface area contributed by atoms with Crippen molar-refractivity contribution in [2.75, 3.05) is 7.11 Å². The second-order valence-electron chi connectivity index (χ2n) is 6.42. The third kappa shape index (κ3) is 4.16. The Bertz CT molecular complexity index is 687. The molecule has 1 N–H and O–H groups in total. The minimum absolute atomic E-state index is 0.441. The zero-order valence-corrected chi connectivity index (χ0v) is 14.9. The summed E-state index contributed by atoms with van der Waals surface area (Å²) in [5.41, 5.74) is 4.20. The molecule has 128 valence electrons. The summed E-state index contributed by atoms with van der Waals surface area (Å²) in [4.78, 5) is 11.8. The van der Waals surface area contributed by atoms with Crippen LogP contribution in [-0.4, -0.2) is 18.2 Å². The first-order valence-corrected chi connectivity index (χ1v) is 8.44. The zero-order valence-electron chi connectivity index (χ0n) is 14.9. The molecule has 0 spiro atoms. The summed E-state index contributed by atoms with van der Waals surface area (Å²) in [5.74, 6) is -0.0316. The maximum Gasteiger partial charge on any atom is 0.311 e. The Hall–Kier alpha value is -2.29. The first-order valence-electron chi connectivity index (χ1n) is 8.44. The molecule has 0 bridgehead atoms. The lowest BCUT2D eigenvalue weighted by atomic mass is 9.89. The van der Waals surface area contributed by atoms with Crippen LogP contribution in [0.2, 0.25) is 0 Å². The van der Waals surface area contributed by atoms with Gasteiger partial charge in [-0.25, -0.2) is 0 Å². The number of carboxylic acid groups (broad SMARTS) is 1. The number of aryl methyl sites for hydroxylation is 1. The maximum atomic E-state index is 11.8. The van der Waals surface area contributed by atoms with Crippen LogP contribution in [0.4, 0.5) is 0 Å². The number of hydrogen-bond acceptors (Lipinski definition) is 2. The van der Waals surface area contributed by atoms with Crippen molar-refractivity contribution < 1.29 is 14.6 Å². The number of hydrogen-bond donors (Lipinski definition) is 1. The minimum Gasteiger partial charge on any atom is -0.496 e. The molecule has 3 heteroatoms.